The van der Waals surface area contributed by atoms with Crippen molar-refractivity contribution in [1.82, 2.24) is 0 Å². The van der Waals surface area contributed by atoms with Gasteiger partial charge in [-0.1, -0.05) is 16.8 Å². The number of nitrogens with zero attached hydrogens (tertiary/aromatic N) is 1. The van der Waals surface area contributed by atoms with Crippen molar-refractivity contribution in [3.05, 3.63) is 28.8 Å². The number of halogens is 4. The molecule has 110 valence electrons. The van der Waals surface area contributed by atoms with Gasteiger partial charge in [-0.05, 0) is 18.2 Å². The third-order valence-electron chi connectivity index (χ3n) is 2.28. The van der Waals surface area contributed by atoms with E-state index in [0.717, 1.165) is 0 Å². The Bertz CT molecular complexity index is 532. The molecule has 0 heterocycles. The highest BCUT2D eigenvalue weighted by Crippen LogP contribution is 2.25. The summed E-state index contributed by atoms with van der Waals surface area (Å²) in [5.74, 6) is -1.05. The average molecular weight is 310 g/mol. The van der Waals surface area contributed by atoms with Gasteiger partial charge in [0.2, 0.25) is 5.91 Å². The molecular weight excluding hydrogens is 299 g/mol. The van der Waals surface area contributed by atoms with Crippen LogP contribution >= 0.6 is 11.6 Å². The average Bonchev–Trinajstić information content (AvgIpc) is 2.37. The van der Waals surface area contributed by atoms with Gasteiger partial charge in [0.25, 0.3) is 0 Å². The van der Waals surface area contributed by atoms with Gasteiger partial charge in [0, 0.05) is 12.0 Å². The maximum Gasteiger partial charge on any atom is 0.389 e. The summed E-state index contributed by atoms with van der Waals surface area (Å²) < 4.78 is 36.0. The fraction of sp³-hybridized carbons (Fsp3) is 0.273. The Balaban J connectivity index is 2.79. The summed E-state index contributed by atoms with van der Waals surface area (Å²) in [6.07, 6.45) is -6.35. The molecule has 20 heavy (non-hydrogen) atoms. The normalized spacial score (nSPS) is 12.3. The van der Waals surface area contributed by atoms with Gasteiger partial charge in [-0.2, -0.15) is 13.2 Å². The molecule has 0 spiro atoms. The number of nitrogens with one attached hydrogen (secondary N) is 1. The van der Waals surface area contributed by atoms with Gasteiger partial charge in [0.15, 0.2) is 5.84 Å². The van der Waals surface area contributed by atoms with Crippen LogP contribution in [0.3, 0.4) is 0 Å². The maximum absolute atomic E-state index is 12.0. The number of anilines is 1. The summed E-state index contributed by atoms with van der Waals surface area (Å²) in [7, 11) is 0. The summed E-state index contributed by atoms with van der Waals surface area (Å²) in [6.45, 7) is 0. The minimum absolute atomic E-state index is 0.0861. The largest absolute Gasteiger partial charge is 0.409 e. The smallest absolute Gasteiger partial charge is 0.389 e. The molecule has 1 aromatic carbocycles. The number of alkyl halides is 3. The zero-order valence-corrected chi connectivity index (χ0v) is 10.8. The summed E-state index contributed by atoms with van der Waals surface area (Å²) >= 11 is 5.80. The van der Waals surface area contributed by atoms with E-state index in [4.69, 9.17) is 22.5 Å². The first-order chi connectivity index (χ1) is 9.23. The van der Waals surface area contributed by atoms with Crippen LogP contribution in [0.25, 0.3) is 0 Å². The van der Waals surface area contributed by atoms with E-state index in [1.54, 1.807) is 0 Å². The Labute approximate surface area is 117 Å². The minimum atomic E-state index is -4.41. The number of carbonyl (C=O) groups excluding carboxylic acids is 1. The van der Waals surface area contributed by atoms with Crippen molar-refractivity contribution < 1.29 is 23.2 Å². The lowest BCUT2D eigenvalue weighted by molar-refractivity contribution is -0.142. The molecule has 0 fully saturated rings. The van der Waals surface area contributed by atoms with Crippen molar-refractivity contribution >= 4 is 29.0 Å². The molecule has 0 atom stereocenters. The molecule has 1 amide bonds. The minimum Gasteiger partial charge on any atom is -0.409 e. The number of amides is 1. The summed E-state index contributed by atoms with van der Waals surface area (Å²) in [5.41, 5.74) is 5.71. The van der Waals surface area contributed by atoms with E-state index in [2.05, 4.69) is 10.5 Å². The molecule has 0 saturated heterocycles. The highest BCUT2D eigenvalue weighted by Gasteiger charge is 2.28. The molecule has 4 N–H and O–H groups in total. The molecular formula is C11H11ClF3N3O2. The fourth-order valence-electron chi connectivity index (χ4n) is 1.31. The Kier molecular flexibility index (Phi) is 5.20. The van der Waals surface area contributed by atoms with Crippen molar-refractivity contribution in [1.29, 1.82) is 0 Å². The van der Waals surface area contributed by atoms with E-state index in [1.165, 1.54) is 18.2 Å². The molecule has 0 saturated carbocycles. The Hall–Kier alpha value is -1.96. The monoisotopic (exact) mass is 309 g/mol. The molecule has 1 aromatic rings. The number of benzene rings is 1. The third kappa shape index (κ3) is 4.96. The van der Waals surface area contributed by atoms with Crippen LogP contribution in [0, 0.1) is 0 Å². The van der Waals surface area contributed by atoms with Crippen molar-refractivity contribution in [2.75, 3.05) is 5.32 Å². The zero-order valence-electron chi connectivity index (χ0n) is 10.0. The first kappa shape index (κ1) is 16.1. The van der Waals surface area contributed by atoms with Crippen molar-refractivity contribution in [2.24, 2.45) is 10.9 Å². The van der Waals surface area contributed by atoms with E-state index in [9.17, 15) is 18.0 Å². The molecule has 0 unspecified atom stereocenters. The second-order valence-corrected chi connectivity index (χ2v) is 4.25. The second kappa shape index (κ2) is 6.47. The van der Waals surface area contributed by atoms with Crippen LogP contribution < -0.4 is 11.1 Å². The standard InChI is InChI=1S/C11H11ClF3N3O2/c12-7-2-1-6(10(16)18-20)5-8(7)17-9(19)3-4-11(13,14)15/h1-2,5,20H,3-4H2,(H2,16,18)(H,17,19). The van der Waals surface area contributed by atoms with Gasteiger partial charge in [0.1, 0.15) is 0 Å². The number of oxime groups is 1. The Morgan fingerprint density at radius 1 is 1.45 bits per heavy atom. The van der Waals surface area contributed by atoms with Crippen molar-refractivity contribution in [2.45, 2.75) is 19.0 Å². The highest BCUT2D eigenvalue weighted by atomic mass is 35.5. The van der Waals surface area contributed by atoms with Gasteiger partial charge in [0.05, 0.1) is 17.1 Å². The number of carbonyl (C=O) groups is 1. The summed E-state index contributed by atoms with van der Waals surface area (Å²) in [4.78, 5) is 11.4. The highest BCUT2D eigenvalue weighted by molar-refractivity contribution is 6.33. The van der Waals surface area contributed by atoms with Gasteiger partial charge in [-0.25, -0.2) is 0 Å². The maximum atomic E-state index is 12.0. The molecule has 0 aromatic heterocycles. The molecule has 0 aliphatic heterocycles. The summed E-state index contributed by atoms with van der Waals surface area (Å²) in [6, 6.07) is 4.10. The van der Waals surface area contributed by atoms with E-state index < -0.39 is 24.9 Å². The molecule has 1 rings (SSSR count). The fourth-order valence-corrected chi connectivity index (χ4v) is 1.47. The van der Waals surface area contributed by atoms with Crippen LogP contribution in [-0.4, -0.2) is 23.1 Å². The molecule has 0 radical (unpaired) electrons. The van der Waals surface area contributed by atoms with Crippen molar-refractivity contribution in [3.8, 4) is 0 Å². The first-order valence-electron chi connectivity index (χ1n) is 5.37. The Morgan fingerprint density at radius 3 is 2.65 bits per heavy atom. The lowest BCUT2D eigenvalue weighted by Gasteiger charge is -2.10. The van der Waals surface area contributed by atoms with E-state index in [0.29, 0.717) is 0 Å². The van der Waals surface area contributed by atoms with Crippen LogP contribution in [0.15, 0.2) is 23.4 Å². The van der Waals surface area contributed by atoms with Gasteiger partial charge >= 0.3 is 6.18 Å². The first-order valence-corrected chi connectivity index (χ1v) is 5.75. The number of hydrogen-bond donors (Lipinski definition) is 3. The van der Waals surface area contributed by atoms with Gasteiger partial charge < -0.3 is 16.3 Å². The quantitative estimate of drug-likeness (QED) is 0.346. The number of amidine groups is 1. The molecule has 0 aliphatic rings. The lowest BCUT2D eigenvalue weighted by Crippen LogP contribution is -2.18. The molecule has 5 nitrogen and oxygen atoms in total. The zero-order chi connectivity index (χ0) is 15.3. The summed E-state index contributed by atoms with van der Waals surface area (Å²) in [5, 5.41) is 13.7. The SMILES string of the molecule is N/C(=N/O)c1ccc(Cl)c(NC(=O)CCC(F)(F)F)c1. The van der Waals surface area contributed by atoms with Crippen LogP contribution in [0.4, 0.5) is 18.9 Å². The molecule has 0 aliphatic carbocycles. The van der Waals surface area contributed by atoms with Crippen molar-refractivity contribution in [3.63, 3.8) is 0 Å². The number of nitrogens with two attached hydrogens (primary N) is 1. The van der Waals surface area contributed by atoms with Gasteiger partial charge in [-0.3, -0.25) is 4.79 Å². The van der Waals surface area contributed by atoms with Gasteiger partial charge in [-0.15, -0.1) is 0 Å². The molecule has 0 bridgehead atoms. The predicted octanol–water partition coefficient (Wildman–Crippen LogP) is 2.72. The second-order valence-electron chi connectivity index (χ2n) is 3.84. The number of rotatable bonds is 4. The van der Waals surface area contributed by atoms with Crippen LogP contribution in [0.1, 0.15) is 18.4 Å². The van der Waals surface area contributed by atoms with E-state index in [1.807, 2.05) is 0 Å². The number of hydrogen-bond acceptors (Lipinski definition) is 3. The molecule has 9 heteroatoms. The van der Waals surface area contributed by atoms with Crippen LogP contribution in [-0.2, 0) is 4.79 Å². The van der Waals surface area contributed by atoms with E-state index >= 15 is 0 Å². The lowest BCUT2D eigenvalue weighted by atomic mass is 10.2. The predicted molar refractivity (Wildman–Crippen MR) is 67.9 cm³/mol. The van der Waals surface area contributed by atoms with Crippen LogP contribution in [0.5, 0.6) is 0 Å². The van der Waals surface area contributed by atoms with Crippen LogP contribution in [0.2, 0.25) is 5.02 Å². The topological polar surface area (TPSA) is 87.7 Å². The van der Waals surface area contributed by atoms with E-state index in [-0.39, 0.29) is 22.1 Å². The third-order valence-corrected chi connectivity index (χ3v) is 2.61. The Morgan fingerprint density at radius 2 is 2.10 bits per heavy atom.